The van der Waals surface area contributed by atoms with Gasteiger partial charge in [0, 0.05) is 111 Å². The number of nitrogens with zero attached hydrogens (tertiary/aromatic N) is 8. The number of hydrogen-bond acceptors (Lipinski definition) is 12. The summed E-state index contributed by atoms with van der Waals surface area (Å²) in [7, 11) is 3.33. The summed E-state index contributed by atoms with van der Waals surface area (Å²) in [5.74, 6) is 0.109. The van der Waals surface area contributed by atoms with Crippen molar-refractivity contribution in [2.75, 3.05) is 50.2 Å². The molecule has 18 heteroatoms. The van der Waals surface area contributed by atoms with E-state index in [1.807, 2.05) is 91.0 Å². The normalized spacial score (nSPS) is 15.3. The lowest BCUT2D eigenvalue weighted by Gasteiger charge is -2.36. The van der Waals surface area contributed by atoms with Crippen molar-refractivity contribution in [1.29, 1.82) is 0 Å². The lowest BCUT2D eigenvalue weighted by molar-refractivity contribution is -0.124. The summed E-state index contributed by atoms with van der Waals surface area (Å²) >= 11 is 0. The third-order valence-corrected chi connectivity index (χ3v) is 16.6. The molecule has 0 saturated carbocycles. The Bertz CT molecular complexity index is 3500. The number of aromatic nitrogens is 6. The van der Waals surface area contributed by atoms with Crippen LogP contribution in [0.25, 0.3) is 0 Å². The first-order chi connectivity index (χ1) is 41.5. The van der Waals surface area contributed by atoms with Crippen LogP contribution in [0.1, 0.15) is 132 Å². The van der Waals surface area contributed by atoms with Gasteiger partial charge in [-0.2, -0.15) is 0 Å². The Balaban J connectivity index is 0.887. The van der Waals surface area contributed by atoms with E-state index in [2.05, 4.69) is 104 Å². The summed E-state index contributed by atoms with van der Waals surface area (Å²) in [5.41, 5.74) is 6.98. The number of benzene rings is 4. The summed E-state index contributed by atoms with van der Waals surface area (Å²) in [6.45, 7) is 15.4. The maximum absolute atomic E-state index is 15.1. The second kappa shape index (κ2) is 26.9. The zero-order chi connectivity index (χ0) is 60.4. The van der Waals surface area contributed by atoms with Crippen LogP contribution in [0.2, 0.25) is 0 Å². The lowest BCUT2D eigenvalue weighted by atomic mass is 9.80. The molecule has 2 fully saturated rings. The summed E-state index contributed by atoms with van der Waals surface area (Å²) in [6, 6.07) is 36.7. The molecule has 0 aliphatic carbocycles. The van der Waals surface area contributed by atoms with Gasteiger partial charge < -0.3 is 30.1 Å². The largest absolute Gasteiger partial charge is 0.497 e. The van der Waals surface area contributed by atoms with Crippen LogP contribution in [0.5, 0.6) is 11.5 Å². The van der Waals surface area contributed by atoms with Crippen LogP contribution < -0.4 is 29.9 Å². The molecule has 4 N–H and O–H groups in total. The van der Waals surface area contributed by atoms with E-state index in [4.69, 9.17) is 14.5 Å². The molecule has 0 bridgehead atoms. The molecule has 2 aliphatic heterocycles. The maximum Gasteiger partial charge on any atom is 0.279 e. The van der Waals surface area contributed by atoms with Crippen LogP contribution in [0.3, 0.4) is 0 Å². The zero-order valence-electron chi connectivity index (χ0n) is 50.2. The topological polar surface area (TPSA) is 207 Å². The predicted molar refractivity (Wildman–Crippen MR) is 332 cm³/mol. The second-order valence-electron chi connectivity index (χ2n) is 24.2. The van der Waals surface area contributed by atoms with Crippen LogP contribution in [-0.2, 0) is 39.9 Å². The van der Waals surface area contributed by atoms with Gasteiger partial charge in [-0.25, -0.2) is 9.97 Å². The van der Waals surface area contributed by atoms with Crippen molar-refractivity contribution in [2.45, 2.75) is 115 Å². The number of likely N-dealkylation sites (tertiary alicyclic amines) is 2. The SMILES string of the molecule is COc1ccc(CN2CCC(NC(=O)C(c3ccc(CC(C)(C)c4ccc(N(C(=O)c5c[nH]cn5)C(C(=O)NC5CCN(Cc6cccc(OC)c6)CC5)c5cccnc5)cc4)nc3)N(C(=O)c3c[nH]cn3)c3ccc(C(C)(C)C)cc3)CC2)cc1. The molecule has 4 aromatic heterocycles. The van der Waals surface area contributed by atoms with E-state index in [0.29, 0.717) is 28.9 Å². The molecule has 8 aromatic rings. The van der Waals surface area contributed by atoms with Gasteiger partial charge in [0.25, 0.3) is 11.8 Å². The number of aromatic amines is 2. The molecule has 6 heterocycles. The quantitative estimate of drug-likeness (QED) is 0.0530. The monoisotopic (exact) mass is 1160 g/mol. The molecular formula is C68H78N12O6. The Morgan fingerprint density at radius 1 is 0.581 bits per heavy atom. The fourth-order valence-electron chi connectivity index (χ4n) is 11.6. The number of carbonyl (C=O) groups is 4. The van der Waals surface area contributed by atoms with Gasteiger partial charge in [0.15, 0.2) is 0 Å². The van der Waals surface area contributed by atoms with Gasteiger partial charge in [0.2, 0.25) is 11.8 Å². The summed E-state index contributed by atoms with van der Waals surface area (Å²) < 4.78 is 10.8. The van der Waals surface area contributed by atoms with Gasteiger partial charge in [0.05, 0.1) is 26.9 Å². The molecule has 446 valence electrons. The third-order valence-electron chi connectivity index (χ3n) is 16.6. The second-order valence-corrected chi connectivity index (χ2v) is 24.2. The third kappa shape index (κ3) is 14.6. The average Bonchev–Trinajstić information content (AvgIpc) is 3.38. The number of methoxy groups -OCH3 is 2. The number of piperidine rings is 2. The van der Waals surface area contributed by atoms with Crippen molar-refractivity contribution in [3.05, 3.63) is 215 Å². The number of ether oxygens (including phenoxy) is 2. The Labute approximate surface area is 503 Å². The summed E-state index contributed by atoms with van der Waals surface area (Å²) in [5, 5.41) is 6.68. The molecule has 10 rings (SSSR count). The number of carbonyl (C=O) groups excluding carboxylic acids is 4. The van der Waals surface area contributed by atoms with Gasteiger partial charge in [-0.3, -0.25) is 48.7 Å². The molecule has 0 spiro atoms. The van der Waals surface area contributed by atoms with Crippen molar-refractivity contribution in [3.63, 3.8) is 0 Å². The smallest absolute Gasteiger partial charge is 0.279 e. The Morgan fingerprint density at radius 2 is 1.10 bits per heavy atom. The number of nitrogens with one attached hydrogen (secondary N) is 4. The van der Waals surface area contributed by atoms with Crippen LogP contribution in [0, 0.1) is 0 Å². The standard InChI is InChI=1S/C68H78N12O6/c1-67(2,3)50-16-21-55(22-17-50)80(66(84)60-41-71-45-74-60)62(64(82)76-52-27-32-77(33-28-52)42-46-13-25-57(85-6)26-14-46)49-15-20-54(72-39-49)37-68(4,5)51-18-23-56(24-19-51)79(65(83)59-40-70-44-73-59)61(48-11-9-31-69-38-48)63(81)75-53-29-34-78(35-30-53)43-47-10-8-12-58(36-47)86-7/h8-26,31,36,38-41,44-45,52-53,61-62H,27-30,32-35,37,42-43H2,1-7H3,(H,70,73)(H,71,74)(H,75,81)(H,76,82). The van der Waals surface area contributed by atoms with Crippen LogP contribution in [-0.4, -0.2) is 116 Å². The maximum atomic E-state index is 15.1. The van der Waals surface area contributed by atoms with E-state index >= 15 is 4.79 Å². The molecular weight excluding hydrogens is 1080 g/mol. The molecule has 4 amide bonds. The van der Waals surface area contributed by atoms with Crippen molar-refractivity contribution in [3.8, 4) is 11.5 Å². The van der Waals surface area contributed by atoms with Crippen molar-refractivity contribution in [2.24, 2.45) is 0 Å². The molecule has 2 aliphatic rings. The first-order valence-corrected chi connectivity index (χ1v) is 29.6. The van der Waals surface area contributed by atoms with Gasteiger partial charge in [-0.15, -0.1) is 0 Å². The highest BCUT2D eigenvalue weighted by Gasteiger charge is 2.39. The van der Waals surface area contributed by atoms with E-state index in [-0.39, 0.29) is 40.7 Å². The Morgan fingerprint density at radius 3 is 1.57 bits per heavy atom. The summed E-state index contributed by atoms with van der Waals surface area (Å²) in [6.07, 6.45) is 14.4. The lowest BCUT2D eigenvalue weighted by Crippen LogP contribution is -2.50. The summed E-state index contributed by atoms with van der Waals surface area (Å²) in [4.78, 5) is 91.2. The number of pyridine rings is 2. The molecule has 0 radical (unpaired) electrons. The minimum Gasteiger partial charge on any atom is -0.497 e. The average molecular weight is 1160 g/mol. The van der Waals surface area contributed by atoms with Crippen LogP contribution in [0.4, 0.5) is 11.4 Å². The highest BCUT2D eigenvalue weighted by atomic mass is 16.5. The van der Waals surface area contributed by atoms with Crippen molar-refractivity contribution >= 4 is 35.0 Å². The van der Waals surface area contributed by atoms with E-state index in [9.17, 15) is 14.4 Å². The number of imidazole rings is 2. The fraction of sp³-hybridized carbons (Fsp3) is 0.353. The predicted octanol–water partition coefficient (Wildman–Crippen LogP) is 10.1. The van der Waals surface area contributed by atoms with Gasteiger partial charge in [0.1, 0.15) is 35.0 Å². The van der Waals surface area contributed by atoms with Gasteiger partial charge >= 0.3 is 0 Å². The highest BCUT2D eigenvalue weighted by Crippen LogP contribution is 2.36. The van der Waals surface area contributed by atoms with E-state index in [1.54, 1.807) is 45.1 Å². The molecule has 2 unspecified atom stereocenters. The van der Waals surface area contributed by atoms with Gasteiger partial charge in [-0.1, -0.05) is 95.3 Å². The molecule has 4 aromatic carbocycles. The highest BCUT2D eigenvalue weighted by molar-refractivity contribution is 6.10. The first kappa shape index (κ1) is 60.1. The Kier molecular flexibility index (Phi) is 18.8. The van der Waals surface area contributed by atoms with E-state index in [0.717, 1.165) is 98.8 Å². The number of amides is 4. The molecule has 2 atom stereocenters. The molecule has 86 heavy (non-hydrogen) atoms. The number of hydrogen-bond donors (Lipinski definition) is 4. The number of H-pyrrole nitrogens is 2. The van der Waals surface area contributed by atoms with Crippen molar-refractivity contribution < 1.29 is 28.7 Å². The molecule has 2 saturated heterocycles. The van der Waals surface area contributed by atoms with Crippen LogP contribution in [0.15, 0.2) is 165 Å². The minimum atomic E-state index is -1.10. The van der Waals surface area contributed by atoms with E-state index in [1.165, 1.54) is 34.2 Å². The molecule has 18 nitrogen and oxygen atoms in total. The first-order valence-electron chi connectivity index (χ1n) is 29.6. The Hall–Kier alpha value is -9.00. The van der Waals surface area contributed by atoms with Crippen molar-refractivity contribution in [1.82, 2.24) is 50.3 Å². The fourth-order valence-corrected chi connectivity index (χ4v) is 11.6. The van der Waals surface area contributed by atoms with Gasteiger partial charge in [-0.05, 0) is 126 Å². The van der Waals surface area contributed by atoms with E-state index < -0.39 is 29.3 Å². The zero-order valence-corrected chi connectivity index (χ0v) is 50.2. The number of rotatable bonds is 21. The van der Waals surface area contributed by atoms with Crippen LogP contribution >= 0.6 is 0 Å². The number of anilines is 2. The minimum absolute atomic E-state index is 0.112.